The summed E-state index contributed by atoms with van der Waals surface area (Å²) >= 11 is 0.690. The van der Waals surface area contributed by atoms with E-state index < -0.39 is 17.2 Å². The van der Waals surface area contributed by atoms with Crippen molar-refractivity contribution in [3.05, 3.63) is 0 Å². The van der Waals surface area contributed by atoms with Gasteiger partial charge in [-0.3, -0.25) is 0 Å². The maximum absolute atomic E-state index is 8.48. The summed E-state index contributed by atoms with van der Waals surface area (Å²) in [5.74, 6) is 0. The minimum atomic E-state index is -3.37. The molecule has 0 rings (SSSR count). The third-order valence-corrected chi connectivity index (χ3v) is 0. The Hall–Kier alpha value is 3.02. The largest absolute Gasteiger partial charge is 0.854 e. The fraction of sp³-hybridized carbons (Fsp3) is 1.00. The van der Waals surface area contributed by atoms with Gasteiger partial charge >= 0.3 is 93.1 Å². The summed E-state index contributed by atoms with van der Waals surface area (Å²) in [7, 11) is -6.74. The molecule has 0 aromatic rings. The Morgan fingerprint density at radius 2 is 0.471 bits per heavy atom. The summed E-state index contributed by atoms with van der Waals surface area (Å²) in [6.07, 6.45) is 0. The first-order valence-corrected chi connectivity index (χ1v) is 23.4. The van der Waals surface area contributed by atoms with Crippen molar-refractivity contribution in [1.82, 2.24) is 0 Å². The molecule has 0 unspecified atom stereocenters. The maximum atomic E-state index is 8.48. The van der Waals surface area contributed by atoms with E-state index in [1.165, 1.54) is 0 Å². The maximum Gasteiger partial charge on any atom is -0.438 e. The molecule has 11 heteroatoms. The Morgan fingerprint density at radius 3 is 0.471 bits per heavy atom. The van der Waals surface area contributed by atoms with Crippen LogP contribution in [0.3, 0.4) is 0 Å². The smallest absolute Gasteiger partial charge is 0.438 e. The van der Waals surface area contributed by atoms with E-state index >= 15 is 0 Å². The first kappa shape index (κ1) is 32.1. The molecule has 0 aromatic carbocycles. The average molecular weight is 604 g/mol. The van der Waals surface area contributed by atoms with Gasteiger partial charge in [0.2, 0.25) is 0 Å². The summed E-state index contributed by atoms with van der Waals surface area (Å²) in [5.41, 5.74) is 0. The Bertz CT molecular complexity index is 68.5. The summed E-state index contributed by atoms with van der Waals surface area (Å²) in [4.78, 5) is 64.7. The quantitative estimate of drug-likeness (QED) is 0.213. The van der Waals surface area contributed by atoms with E-state index in [2.05, 4.69) is 29.6 Å². The van der Waals surface area contributed by atoms with E-state index in [0.717, 1.165) is 0 Å². The van der Waals surface area contributed by atoms with Crippen LogP contribution >= 0.6 is 17.2 Å². The van der Waals surface area contributed by atoms with Gasteiger partial charge in [-0.25, -0.2) is 0 Å². The van der Waals surface area contributed by atoms with Crippen molar-refractivity contribution in [2.75, 3.05) is 0 Å². The molecular weight excluding hydrogens is 586 g/mol. The van der Waals surface area contributed by atoms with Crippen molar-refractivity contribution < 1.29 is 29.4 Å². The van der Waals surface area contributed by atoms with Crippen LogP contribution in [0.2, 0.25) is 29.6 Å². The zero-order chi connectivity index (χ0) is 15.3. The Kier molecular flexibility index (Phi) is 80.7. The Morgan fingerprint density at radius 1 is 0.471 bits per heavy atom. The van der Waals surface area contributed by atoms with E-state index in [-0.39, 0.29) is 63.4 Å². The second-order valence-electron chi connectivity index (χ2n) is 1.95. The molecule has 0 heterocycles. The molecule has 17 heavy (non-hydrogen) atoms. The van der Waals surface area contributed by atoms with Gasteiger partial charge < -0.3 is 46.6 Å². The third-order valence-electron chi connectivity index (χ3n) is 0. The van der Waals surface area contributed by atoms with Crippen molar-refractivity contribution in [1.29, 1.82) is 0 Å². The van der Waals surface area contributed by atoms with Crippen LogP contribution in [-0.2, 0) is 0 Å². The molecular formula is C6H18O6P2Sn3. The van der Waals surface area contributed by atoms with E-state index in [1.807, 2.05) is 0 Å². The first-order chi connectivity index (χ1) is 7.71. The summed E-state index contributed by atoms with van der Waals surface area (Å²) in [6.45, 7) is 0. The molecule has 6 nitrogen and oxygen atoms in total. The summed E-state index contributed by atoms with van der Waals surface area (Å²) in [5, 5.41) is 0. The minimum absolute atomic E-state index is 0.230. The van der Waals surface area contributed by atoms with Gasteiger partial charge in [-0.15, -0.1) is 0 Å². The van der Waals surface area contributed by atoms with Crippen LogP contribution in [0.5, 0.6) is 0 Å². The predicted octanol–water partition coefficient (Wildman–Crippen LogP) is -3.05. The van der Waals surface area contributed by atoms with Gasteiger partial charge in [0.05, 0.1) is 0 Å². The van der Waals surface area contributed by atoms with Gasteiger partial charge in [-0.1, -0.05) is 0 Å². The van der Waals surface area contributed by atoms with Crippen molar-refractivity contribution in [2.24, 2.45) is 0 Å². The van der Waals surface area contributed by atoms with Gasteiger partial charge in [0.1, 0.15) is 0 Å². The van der Waals surface area contributed by atoms with Crippen LogP contribution in [0.25, 0.3) is 0 Å². The van der Waals surface area contributed by atoms with Gasteiger partial charge in [-0.05, 0) is 0 Å². The second-order valence-corrected chi connectivity index (χ2v) is 11.4. The number of rotatable bonds is 0. The fourth-order valence-corrected chi connectivity index (χ4v) is 0. The topological polar surface area (TPSA) is 138 Å². The Balaban J connectivity index is -0.0000000356. The molecule has 0 fully saturated rings. The molecule has 100 valence electrons. The van der Waals surface area contributed by atoms with E-state index in [1.54, 1.807) is 0 Å². The normalized spacial score (nSPS) is 6.00. The van der Waals surface area contributed by atoms with Crippen molar-refractivity contribution in [2.45, 2.75) is 29.6 Å². The fourth-order valence-electron chi connectivity index (χ4n) is 0. The molecule has 0 saturated carbocycles. The van der Waals surface area contributed by atoms with Gasteiger partial charge in [0, 0.05) is 0 Å². The van der Waals surface area contributed by atoms with Crippen LogP contribution in [0, 0.1) is 0 Å². The molecule has 0 aromatic heterocycles. The number of hydrogen-bond donors (Lipinski definition) is 0. The predicted molar refractivity (Wildman–Crippen MR) is 66.3 cm³/mol. The minimum Gasteiger partial charge on any atom is -0.854 e. The molecule has 0 aliphatic heterocycles. The van der Waals surface area contributed by atoms with Crippen LogP contribution < -0.4 is 29.4 Å². The van der Waals surface area contributed by atoms with Crippen molar-refractivity contribution >= 4 is 80.6 Å². The zero-order valence-corrected chi connectivity index (χ0v) is 21.2. The molecule has 0 aliphatic rings. The molecule has 0 atom stereocenters. The van der Waals surface area contributed by atoms with Crippen molar-refractivity contribution in [3.63, 3.8) is 0 Å². The van der Waals surface area contributed by atoms with Gasteiger partial charge in [-0.2, -0.15) is 0 Å². The van der Waals surface area contributed by atoms with Crippen LogP contribution in [0.4, 0.5) is 0 Å². The first-order valence-electron chi connectivity index (χ1n) is 4.10. The van der Waals surface area contributed by atoms with E-state index in [4.69, 9.17) is 29.4 Å². The molecule has 0 saturated heterocycles. The summed E-state index contributed by atoms with van der Waals surface area (Å²) < 4.78 is 0. The molecule has 0 amide bonds. The average Bonchev–Trinajstić information content (AvgIpc) is 2.03. The molecule has 0 aliphatic carbocycles. The Labute approximate surface area is 138 Å². The van der Waals surface area contributed by atoms with E-state index in [0.29, 0.717) is 0 Å². The summed E-state index contributed by atoms with van der Waals surface area (Å²) in [6, 6.07) is 0. The van der Waals surface area contributed by atoms with Crippen molar-refractivity contribution in [3.8, 4) is 0 Å². The van der Waals surface area contributed by atoms with Gasteiger partial charge in [0.15, 0.2) is 0 Å². The standard InChI is InChI=1S/6CH3.2O3P.3Sn/c;;;;;;2*1-4(2)3;;;/h6*1H3;;;;;/q;;;;;;2*-3;3*+2. The molecule has 0 radical (unpaired) electrons. The SMILES string of the molecule is [CH3][Sn+2][CH3].[CH3][Sn+2][CH3].[CH3][Sn+2][CH3].[O-]P([O-])[O-].[O-]P([O-])[O-]. The zero-order valence-electron chi connectivity index (χ0n) is 10.8. The molecule has 0 spiro atoms. The third kappa shape index (κ3) is 605. The molecule has 0 bridgehead atoms. The second kappa shape index (κ2) is 42.7. The van der Waals surface area contributed by atoms with Crippen LogP contribution in [0.1, 0.15) is 0 Å². The number of hydrogen-bond acceptors (Lipinski definition) is 6. The molecule has 0 N–H and O–H groups in total. The monoisotopic (exact) mass is 608 g/mol. The van der Waals surface area contributed by atoms with Crippen LogP contribution in [0.15, 0.2) is 0 Å². The van der Waals surface area contributed by atoms with Gasteiger partial charge in [0.25, 0.3) is 0 Å². The van der Waals surface area contributed by atoms with E-state index in [9.17, 15) is 0 Å². The van der Waals surface area contributed by atoms with Crippen LogP contribution in [-0.4, -0.2) is 63.4 Å².